The number of hydrogen-bond acceptors (Lipinski definition) is 10. The van der Waals surface area contributed by atoms with Crippen LogP contribution in [-0.2, 0) is 42.2 Å². The fraction of sp³-hybridized carbons (Fsp3) is 0.583. The van der Waals surface area contributed by atoms with E-state index in [-0.39, 0.29) is 19.3 Å². The summed E-state index contributed by atoms with van der Waals surface area (Å²) in [6.07, 6.45) is 65.9. The number of aliphatic hydroxyl groups excluding tert-OH is 1. The van der Waals surface area contributed by atoms with Crippen LogP contribution in [0, 0.1) is 0 Å². The van der Waals surface area contributed by atoms with Crippen LogP contribution in [0.1, 0.15) is 188 Å². The molecule has 0 aliphatic carbocycles. The van der Waals surface area contributed by atoms with Crippen LogP contribution >= 0.6 is 7.82 Å². The number of phosphoric ester groups is 1. The van der Waals surface area contributed by atoms with Crippen LogP contribution in [0.3, 0.4) is 0 Å². The van der Waals surface area contributed by atoms with Crippen LogP contribution in [0.4, 0.5) is 0 Å². The molecule has 2 N–H and O–H groups in total. The SMILES string of the molecule is CC/C=C\C/C=C\C/C=C\C/C=C\C/C=C\CC(=O)OC(COC(=O)CCCCCCC/C=C\C/C=C\CCCCC)COP(=O)(O)OCC(CO)OC(=O)CCCC/C=C\C/C=C\C/C=C\C/C=C\CC. The average molecular weight is 1020 g/mol. The summed E-state index contributed by atoms with van der Waals surface area (Å²) >= 11 is 0. The predicted octanol–water partition coefficient (Wildman–Crippen LogP) is 15.8. The molecule has 0 aliphatic heterocycles. The fourth-order valence-corrected chi connectivity index (χ4v) is 7.29. The lowest BCUT2D eigenvalue weighted by molar-refractivity contribution is -0.160. The maximum atomic E-state index is 12.9. The number of esters is 3. The Morgan fingerprint density at radius 2 is 0.778 bits per heavy atom. The molecular formula is C60H95O11P. The fourth-order valence-electron chi connectivity index (χ4n) is 6.51. The zero-order valence-electron chi connectivity index (χ0n) is 44.6. The van der Waals surface area contributed by atoms with Gasteiger partial charge >= 0.3 is 25.7 Å². The molecule has 0 aromatic heterocycles. The molecule has 406 valence electrons. The third-order valence-electron chi connectivity index (χ3n) is 10.6. The quantitative estimate of drug-likeness (QED) is 0.0197. The first-order valence-corrected chi connectivity index (χ1v) is 28.6. The Hall–Kier alpha value is -4.38. The molecule has 0 fully saturated rings. The van der Waals surface area contributed by atoms with E-state index >= 15 is 0 Å². The zero-order chi connectivity index (χ0) is 52.7. The van der Waals surface area contributed by atoms with E-state index in [1.54, 1.807) is 6.08 Å². The van der Waals surface area contributed by atoms with Gasteiger partial charge in [0.15, 0.2) is 6.10 Å². The first kappa shape index (κ1) is 67.6. The molecule has 0 saturated carbocycles. The Morgan fingerprint density at radius 1 is 0.417 bits per heavy atom. The smallest absolute Gasteiger partial charge is 0.462 e. The van der Waals surface area contributed by atoms with Gasteiger partial charge in [-0.05, 0) is 116 Å². The lowest BCUT2D eigenvalue weighted by Gasteiger charge is -2.21. The topological polar surface area (TPSA) is 155 Å². The first-order valence-electron chi connectivity index (χ1n) is 27.1. The van der Waals surface area contributed by atoms with E-state index in [0.29, 0.717) is 19.3 Å². The highest BCUT2D eigenvalue weighted by molar-refractivity contribution is 7.47. The molecule has 0 aromatic rings. The predicted molar refractivity (Wildman–Crippen MR) is 297 cm³/mol. The summed E-state index contributed by atoms with van der Waals surface area (Å²) in [5, 5.41) is 9.79. The van der Waals surface area contributed by atoms with Crippen molar-refractivity contribution in [2.45, 2.75) is 200 Å². The number of ether oxygens (including phenoxy) is 3. The number of phosphoric acid groups is 1. The van der Waals surface area contributed by atoms with E-state index in [1.807, 2.05) is 18.2 Å². The van der Waals surface area contributed by atoms with Gasteiger partial charge < -0.3 is 24.2 Å². The Labute approximate surface area is 436 Å². The number of rotatable bonds is 48. The Morgan fingerprint density at radius 3 is 1.25 bits per heavy atom. The maximum absolute atomic E-state index is 12.9. The second-order valence-electron chi connectivity index (χ2n) is 17.3. The minimum Gasteiger partial charge on any atom is -0.462 e. The van der Waals surface area contributed by atoms with E-state index in [0.717, 1.165) is 109 Å². The molecule has 0 aromatic carbocycles. The summed E-state index contributed by atoms with van der Waals surface area (Å²) in [5.41, 5.74) is 0. The van der Waals surface area contributed by atoms with E-state index in [1.165, 1.54) is 19.3 Å². The number of unbranched alkanes of at least 4 members (excludes halogenated alkanes) is 10. The molecule has 0 bridgehead atoms. The number of carbonyl (C=O) groups excluding carboxylic acids is 3. The lowest BCUT2D eigenvalue weighted by atomic mass is 10.1. The summed E-state index contributed by atoms with van der Waals surface area (Å²) in [6, 6.07) is 0. The van der Waals surface area contributed by atoms with Gasteiger partial charge in [-0.25, -0.2) is 4.57 Å². The van der Waals surface area contributed by atoms with Gasteiger partial charge in [-0.15, -0.1) is 0 Å². The highest BCUT2D eigenvalue weighted by Crippen LogP contribution is 2.43. The highest BCUT2D eigenvalue weighted by atomic mass is 31.2. The van der Waals surface area contributed by atoms with Crippen LogP contribution in [0.5, 0.6) is 0 Å². The van der Waals surface area contributed by atoms with Gasteiger partial charge in [-0.3, -0.25) is 23.4 Å². The Bertz CT molecular complexity index is 1710. The first-order chi connectivity index (χ1) is 35.2. The lowest BCUT2D eigenvalue weighted by Crippen LogP contribution is -2.30. The van der Waals surface area contributed by atoms with Gasteiger partial charge in [0.2, 0.25) is 0 Å². The molecule has 0 radical (unpaired) electrons. The number of hydrogen-bond donors (Lipinski definition) is 2. The molecule has 0 rings (SSSR count). The maximum Gasteiger partial charge on any atom is 0.472 e. The molecule has 3 unspecified atom stereocenters. The summed E-state index contributed by atoms with van der Waals surface area (Å²) < 4.78 is 39.2. The zero-order valence-corrected chi connectivity index (χ0v) is 45.5. The van der Waals surface area contributed by atoms with E-state index < -0.39 is 64.4 Å². The minimum atomic E-state index is -4.79. The van der Waals surface area contributed by atoms with Gasteiger partial charge in [0, 0.05) is 12.8 Å². The summed E-state index contributed by atoms with van der Waals surface area (Å²) in [6.45, 7) is 4.18. The van der Waals surface area contributed by atoms with Crippen molar-refractivity contribution in [3.8, 4) is 0 Å². The molecular weight excluding hydrogens is 928 g/mol. The molecule has 3 atom stereocenters. The van der Waals surface area contributed by atoms with E-state index in [2.05, 4.69) is 130 Å². The number of carbonyl (C=O) groups is 3. The van der Waals surface area contributed by atoms with Crippen LogP contribution in [0.15, 0.2) is 134 Å². The van der Waals surface area contributed by atoms with Crippen LogP contribution in [0.2, 0.25) is 0 Å². The largest absolute Gasteiger partial charge is 0.472 e. The van der Waals surface area contributed by atoms with E-state index in [9.17, 15) is 28.9 Å². The summed E-state index contributed by atoms with van der Waals surface area (Å²) in [4.78, 5) is 48.3. The van der Waals surface area contributed by atoms with Crippen molar-refractivity contribution in [3.05, 3.63) is 134 Å². The van der Waals surface area contributed by atoms with Crippen molar-refractivity contribution >= 4 is 25.7 Å². The minimum absolute atomic E-state index is 0.0782. The summed E-state index contributed by atoms with van der Waals surface area (Å²) in [7, 11) is -4.79. The molecule has 0 aliphatic rings. The Balaban J connectivity index is 4.93. The van der Waals surface area contributed by atoms with Crippen molar-refractivity contribution in [2.75, 3.05) is 26.4 Å². The number of allylic oxidation sites excluding steroid dienone is 21. The average Bonchev–Trinajstić information content (AvgIpc) is 3.37. The van der Waals surface area contributed by atoms with Crippen molar-refractivity contribution in [2.24, 2.45) is 0 Å². The van der Waals surface area contributed by atoms with Gasteiger partial charge in [-0.2, -0.15) is 0 Å². The monoisotopic (exact) mass is 1020 g/mol. The molecule has 72 heavy (non-hydrogen) atoms. The van der Waals surface area contributed by atoms with Gasteiger partial charge in [-0.1, -0.05) is 187 Å². The molecule has 0 amide bonds. The van der Waals surface area contributed by atoms with Crippen molar-refractivity contribution < 1.29 is 52.2 Å². The van der Waals surface area contributed by atoms with Gasteiger partial charge in [0.05, 0.1) is 26.2 Å². The molecule has 11 nitrogen and oxygen atoms in total. The summed E-state index contributed by atoms with van der Waals surface area (Å²) in [5.74, 6) is -1.70. The second kappa shape index (κ2) is 52.9. The molecule has 0 heterocycles. The van der Waals surface area contributed by atoms with Gasteiger partial charge in [0.1, 0.15) is 12.7 Å². The van der Waals surface area contributed by atoms with Crippen molar-refractivity contribution in [3.63, 3.8) is 0 Å². The van der Waals surface area contributed by atoms with Crippen molar-refractivity contribution in [1.29, 1.82) is 0 Å². The normalized spacial score (nSPS) is 14.5. The second-order valence-corrected chi connectivity index (χ2v) is 18.7. The van der Waals surface area contributed by atoms with E-state index in [4.69, 9.17) is 23.3 Å². The molecule has 0 spiro atoms. The van der Waals surface area contributed by atoms with Crippen molar-refractivity contribution in [1.82, 2.24) is 0 Å². The standard InChI is InChI=1S/C60H95O11P/c1-4-7-10-13-16-19-22-25-28-31-34-37-40-43-46-49-58(62)67-53-57(71-60(64)51-48-45-42-39-36-33-30-27-24-21-18-15-12-9-6-3)55-69-72(65,66)68-54-56(52-61)70-59(63)50-47-44-41-38-35-32-29-26-23-20-17-14-11-8-5-2/h8-9,11-12,16-21,25-30,35-36,38-39,45,48,56-57,61H,4-7,10,13-15,22-24,31-34,37,40-44,46-47,49-55H2,1-3H3,(H,65,66)/b11-8-,12-9-,19-16-,20-17-,21-18-,28-25-,29-26-,30-27-,38-35-,39-36-,48-45-. The highest BCUT2D eigenvalue weighted by Gasteiger charge is 2.28. The van der Waals surface area contributed by atoms with Crippen LogP contribution in [0.25, 0.3) is 0 Å². The van der Waals surface area contributed by atoms with Crippen LogP contribution in [-0.4, -0.2) is 66.5 Å². The van der Waals surface area contributed by atoms with Crippen LogP contribution < -0.4 is 0 Å². The Kier molecular flexibility index (Phi) is 49.7. The third-order valence-corrected chi connectivity index (χ3v) is 11.5. The molecule has 0 saturated heterocycles. The molecule has 12 heteroatoms. The number of aliphatic hydroxyl groups is 1. The van der Waals surface area contributed by atoms with Gasteiger partial charge in [0.25, 0.3) is 0 Å². The third kappa shape index (κ3) is 50.6.